The van der Waals surface area contributed by atoms with Crippen molar-refractivity contribution in [1.82, 2.24) is 4.90 Å². The first-order chi connectivity index (χ1) is 8.66. The summed E-state index contributed by atoms with van der Waals surface area (Å²) in [5, 5.41) is 1.23. The number of hydrogen-bond acceptors (Lipinski definition) is 3. The zero-order chi connectivity index (χ0) is 13.0. The first-order valence-corrected chi connectivity index (χ1v) is 6.81. The van der Waals surface area contributed by atoms with E-state index in [2.05, 4.69) is 4.90 Å². The Kier molecular flexibility index (Phi) is 5.13. The van der Waals surface area contributed by atoms with Gasteiger partial charge in [0.05, 0.1) is 18.2 Å². The summed E-state index contributed by atoms with van der Waals surface area (Å²) in [6, 6.07) is 3.60. The van der Waals surface area contributed by atoms with E-state index in [1.54, 1.807) is 6.07 Å². The quantitative estimate of drug-likeness (QED) is 0.851. The minimum Gasteiger partial charge on any atom is -0.491 e. The maximum Gasteiger partial charge on any atom is 0.138 e. The molecule has 0 saturated carbocycles. The topological polar surface area (TPSA) is 21.7 Å². The van der Waals surface area contributed by atoms with E-state index in [4.69, 9.17) is 32.7 Å². The van der Waals surface area contributed by atoms with Crippen LogP contribution in [0.4, 0.5) is 0 Å². The standard InChI is InChI=1S/C13H17Cl2NO2/c1-10-8-13(12(15)9-11(10)14)18-7-4-16-2-5-17-6-3-16/h8-9H,2-7H2,1H3. The molecule has 0 unspecified atom stereocenters. The van der Waals surface area contributed by atoms with Gasteiger partial charge in [-0.1, -0.05) is 23.2 Å². The van der Waals surface area contributed by atoms with Gasteiger partial charge in [0.25, 0.3) is 0 Å². The van der Waals surface area contributed by atoms with Gasteiger partial charge in [-0.15, -0.1) is 0 Å². The molecule has 3 nitrogen and oxygen atoms in total. The highest BCUT2D eigenvalue weighted by Gasteiger charge is 2.11. The Morgan fingerprint density at radius 2 is 1.94 bits per heavy atom. The molecule has 18 heavy (non-hydrogen) atoms. The highest BCUT2D eigenvalue weighted by atomic mass is 35.5. The van der Waals surface area contributed by atoms with Crippen LogP contribution in [0.25, 0.3) is 0 Å². The number of halogens is 2. The molecule has 1 aromatic carbocycles. The lowest BCUT2D eigenvalue weighted by Gasteiger charge is -2.26. The van der Waals surface area contributed by atoms with E-state index in [1.165, 1.54) is 0 Å². The number of ether oxygens (including phenoxy) is 2. The number of rotatable bonds is 4. The van der Waals surface area contributed by atoms with Crippen LogP contribution >= 0.6 is 23.2 Å². The second kappa shape index (κ2) is 6.62. The fourth-order valence-corrected chi connectivity index (χ4v) is 2.29. The SMILES string of the molecule is Cc1cc(OCCN2CCOCC2)c(Cl)cc1Cl. The van der Waals surface area contributed by atoms with E-state index < -0.39 is 0 Å². The van der Waals surface area contributed by atoms with Crippen LogP contribution in [0.3, 0.4) is 0 Å². The van der Waals surface area contributed by atoms with Gasteiger partial charge >= 0.3 is 0 Å². The van der Waals surface area contributed by atoms with Crippen LogP contribution in [0.5, 0.6) is 5.75 Å². The van der Waals surface area contributed by atoms with Crippen molar-refractivity contribution in [3.8, 4) is 5.75 Å². The minimum absolute atomic E-state index is 0.563. The van der Waals surface area contributed by atoms with Crippen molar-refractivity contribution in [2.45, 2.75) is 6.92 Å². The highest BCUT2D eigenvalue weighted by molar-refractivity contribution is 6.35. The molecule has 2 rings (SSSR count). The fraction of sp³-hybridized carbons (Fsp3) is 0.538. The van der Waals surface area contributed by atoms with Crippen LogP contribution in [0.15, 0.2) is 12.1 Å². The lowest BCUT2D eigenvalue weighted by molar-refractivity contribution is 0.0322. The summed E-state index contributed by atoms with van der Waals surface area (Å²) < 4.78 is 11.0. The van der Waals surface area contributed by atoms with Crippen molar-refractivity contribution >= 4 is 23.2 Å². The summed E-state index contributed by atoms with van der Waals surface area (Å²) in [6.07, 6.45) is 0. The third kappa shape index (κ3) is 3.75. The van der Waals surface area contributed by atoms with E-state index in [0.717, 1.165) is 38.4 Å². The molecular weight excluding hydrogens is 273 g/mol. The van der Waals surface area contributed by atoms with Gasteiger partial charge in [-0.25, -0.2) is 0 Å². The van der Waals surface area contributed by atoms with Crippen molar-refractivity contribution in [1.29, 1.82) is 0 Å². The van der Waals surface area contributed by atoms with Crippen molar-refractivity contribution in [3.05, 3.63) is 27.7 Å². The molecule has 0 atom stereocenters. The van der Waals surface area contributed by atoms with Gasteiger partial charge in [0, 0.05) is 24.7 Å². The van der Waals surface area contributed by atoms with Crippen molar-refractivity contribution < 1.29 is 9.47 Å². The Balaban J connectivity index is 1.84. The van der Waals surface area contributed by atoms with Crippen molar-refractivity contribution in [2.24, 2.45) is 0 Å². The molecule has 0 radical (unpaired) electrons. The predicted octanol–water partition coefficient (Wildman–Crippen LogP) is 3.01. The van der Waals surface area contributed by atoms with E-state index in [0.29, 0.717) is 22.4 Å². The predicted molar refractivity (Wildman–Crippen MR) is 74.0 cm³/mol. The number of morpholine rings is 1. The number of hydrogen-bond donors (Lipinski definition) is 0. The normalized spacial score (nSPS) is 16.8. The van der Waals surface area contributed by atoms with Gasteiger partial charge in [-0.2, -0.15) is 0 Å². The Labute approximate surface area is 118 Å². The van der Waals surface area contributed by atoms with Crippen LogP contribution in [0, 0.1) is 6.92 Å². The molecule has 0 amide bonds. The molecule has 0 N–H and O–H groups in total. The molecule has 1 aliphatic rings. The Bertz CT molecular complexity index is 406. The lowest BCUT2D eigenvalue weighted by atomic mass is 10.2. The lowest BCUT2D eigenvalue weighted by Crippen LogP contribution is -2.38. The molecule has 5 heteroatoms. The summed E-state index contributed by atoms with van der Waals surface area (Å²) in [5.74, 6) is 0.701. The Hall–Kier alpha value is -0.480. The average Bonchev–Trinajstić information content (AvgIpc) is 2.37. The summed E-state index contributed by atoms with van der Waals surface area (Å²) in [5.41, 5.74) is 0.974. The summed E-state index contributed by atoms with van der Waals surface area (Å²) in [4.78, 5) is 2.32. The molecule has 1 heterocycles. The molecule has 0 aliphatic carbocycles. The number of benzene rings is 1. The molecule has 0 aromatic heterocycles. The van der Waals surface area contributed by atoms with Gasteiger partial charge in [0.15, 0.2) is 0 Å². The minimum atomic E-state index is 0.563. The molecular formula is C13H17Cl2NO2. The molecule has 1 aromatic rings. The second-order valence-electron chi connectivity index (χ2n) is 4.33. The maximum absolute atomic E-state index is 6.08. The average molecular weight is 290 g/mol. The van der Waals surface area contributed by atoms with E-state index >= 15 is 0 Å². The van der Waals surface area contributed by atoms with Gasteiger partial charge in [-0.3, -0.25) is 4.90 Å². The van der Waals surface area contributed by atoms with Crippen LogP contribution in [0.2, 0.25) is 10.0 Å². The van der Waals surface area contributed by atoms with Crippen LogP contribution in [0.1, 0.15) is 5.56 Å². The third-order valence-electron chi connectivity index (χ3n) is 2.98. The van der Waals surface area contributed by atoms with Crippen molar-refractivity contribution in [2.75, 3.05) is 39.5 Å². The van der Waals surface area contributed by atoms with E-state index in [1.807, 2.05) is 13.0 Å². The maximum atomic E-state index is 6.08. The van der Waals surface area contributed by atoms with Gasteiger partial charge < -0.3 is 9.47 Å². The molecule has 0 bridgehead atoms. The zero-order valence-corrected chi connectivity index (χ0v) is 11.9. The Morgan fingerprint density at radius 1 is 1.22 bits per heavy atom. The smallest absolute Gasteiger partial charge is 0.138 e. The second-order valence-corrected chi connectivity index (χ2v) is 5.15. The first-order valence-electron chi connectivity index (χ1n) is 6.05. The third-order valence-corrected chi connectivity index (χ3v) is 3.68. The van der Waals surface area contributed by atoms with E-state index in [-0.39, 0.29) is 0 Å². The number of nitrogens with zero attached hydrogens (tertiary/aromatic N) is 1. The molecule has 0 spiro atoms. The van der Waals surface area contributed by atoms with Crippen molar-refractivity contribution in [3.63, 3.8) is 0 Å². The largest absolute Gasteiger partial charge is 0.491 e. The monoisotopic (exact) mass is 289 g/mol. The van der Waals surface area contributed by atoms with Crippen LogP contribution in [-0.4, -0.2) is 44.4 Å². The fourth-order valence-electron chi connectivity index (χ4n) is 1.85. The Morgan fingerprint density at radius 3 is 2.67 bits per heavy atom. The zero-order valence-electron chi connectivity index (χ0n) is 10.4. The molecule has 1 saturated heterocycles. The van der Waals surface area contributed by atoms with Crippen LogP contribution < -0.4 is 4.74 Å². The number of aryl methyl sites for hydroxylation is 1. The summed E-state index contributed by atoms with van der Waals surface area (Å²) in [6.45, 7) is 7.00. The van der Waals surface area contributed by atoms with Gasteiger partial charge in [0.1, 0.15) is 12.4 Å². The summed E-state index contributed by atoms with van der Waals surface area (Å²) >= 11 is 12.1. The van der Waals surface area contributed by atoms with Gasteiger partial charge in [0.2, 0.25) is 0 Å². The molecule has 100 valence electrons. The highest BCUT2D eigenvalue weighted by Crippen LogP contribution is 2.30. The summed E-state index contributed by atoms with van der Waals surface area (Å²) in [7, 11) is 0. The molecule has 1 fully saturated rings. The van der Waals surface area contributed by atoms with Crippen LogP contribution in [-0.2, 0) is 4.74 Å². The first kappa shape index (κ1) is 13.9. The van der Waals surface area contributed by atoms with E-state index in [9.17, 15) is 0 Å². The van der Waals surface area contributed by atoms with Gasteiger partial charge in [-0.05, 0) is 24.6 Å². The molecule has 1 aliphatic heterocycles.